The van der Waals surface area contributed by atoms with E-state index in [2.05, 4.69) is 15.0 Å². The van der Waals surface area contributed by atoms with E-state index in [1.54, 1.807) is 0 Å². The Morgan fingerprint density at radius 1 is 1.23 bits per heavy atom. The summed E-state index contributed by atoms with van der Waals surface area (Å²) in [6.45, 7) is 1.35. The number of anilines is 1. The molecule has 1 atom stereocenters. The van der Waals surface area contributed by atoms with Crippen LogP contribution in [0.1, 0.15) is 24.1 Å². The van der Waals surface area contributed by atoms with E-state index in [4.69, 9.17) is 10.00 Å². The maximum absolute atomic E-state index is 13.0. The first-order valence-corrected chi connectivity index (χ1v) is 8.10. The zero-order valence-electron chi connectivity index (χ0n) is 13.8. The predicted octanol–water partition coefficient (Wildman–Crippen LogP) is 3.06. The number of aromatic nitrogens is 3. The van der Waals surface area contributed by atoms with Crippen LogP contribution in [0.25, 0.3) is 0 Å². The second-order valence-electron chi connectivity index (χ2n) is 5.96. The van der Waals surface area contributed by atoms with Crippen molar-refractivity contribution in [3.05, 3.63) is 42.0 Å². The van der Waals surface area contributed by atoms with Gasteiger partial charge in [0.15, 0.2) is 11.5 Å². The van der Waals surface area contributed by atoms with Crippen molar-refractivity contribution in [3.63, 3.8) is 0 Å². The summed E-state index contributed by atoms with van der Waals surface area (Å²) in [4.78, 5) is 13.8. The van der Waals surface area contributed by atoms with Crippen molar-refractivity contribution < 1.29 is 17.9 Å². The number of halogens is 3. The maximum atomic E-state index is 13.0. The molecular weight excluding hydrogens is 347 g/mol. The highest BCUT2D eigenvalue weighted by Gasteiger charge is 2.35. The Kier molecular flexibility index (Phi) is 5.21. The van der Waals surface area contributed by atoms with Gasteiger partial charge in [-0.15, -0.1) is 0 Å². The summed E-state index contributed by atoms with van der Waals surface area (Å²) in [5.74, 6) is 0.0863. The topological polar surface area (TPSA) is 74.9 Å². The molecule has 1 saturated heterocycles. The van der Waals surface area contributed by atoms with Gasteiger partial charge in [-0.25, -0.2) is 15.0 Å². The van der Waals surface area contributed by atoms with Crippen LogP contribution in [-0.4, -0.2) is 34.6 Å². The van der Waals surface area contributed by atoms with Gasteiger partial charge >= 0.3 is 6.18 Å². The number of piperidine rings is 1. The van der Waals surface area contributed by atoms with Crippen LogP contribution in [0.2, 0.25) is 0 Å². The van der Waals surface area contributed by atoms with Crippen molar-refractivity contribution >= 4 is 5.82 Å². The van der Waals surface area contributed by atoms with Crippen molar-refractivity contribution in [1.29, 1.82) is 5.26 Å². The van der Waals surface area contributed by atoms with Gasteiger partial charge in [0.25, 0.3) is 0 Å². The van der Waals surface area contributed by atoms with E-state index in [1.165, 1.54) is 24.7 Å². The van der Waals surface area contributed by atoms with E-state index in [9.17, 15) is 13.2 Å². The van der Waals surface area contributed by atoms with Gasteiger partial charge in [0, 0.05) is 37.6 Å². The summed E-state index contributed by atoms with van der Waals surface area (Å²) in [6, 6.07) is 4.19. The number of hydrogen-bond acceptors (Lipinski definition) is 6. The summed E-state index contributed by atoms with van der Waals surface area (Å²) in [6.07, 6.45) is 1.36. The molecule has 9 heteroatoms. The molecule has 1 aliphatic heterocycles. The summed E-state index contributed by atoms with van der Waals surface area (Å²) >= 11 is 0. The third-order valence-corrected chi connectivity index (χ3v) is 4.14. The molecule has 0 amide bonds. The molecular formula is C17H16F3N5O. The molecule has 0 saturated carbocycles. The van der Waals surface area contributed by atoms with Crippen molar-refractivity contribution in [3.8, 4) is 11.9 Å². The molecule has 1 unspecified atom stereocenters. The molecule has 1 fully saturated rings. The van der Waals surface area contributed by atoms with Crippen LogP contribution in [0.3, 0.4) is 0 Å². The lowest BCUT2D eigenvalue weighted by atomic mass is 9.99. The molecule has 0 bridgehead atoms. The van der Waals surface area contributed by atoms with E-state index < -0.39 is 17.6 Å². The van der Waals surface area contributed by atoms with Crippen molar-refractivity contribution in [2.24, 2.45) is 5.92 Å². The number of alkyl halides is 3. The standard InChI is InChI=1S/C17H16F3N5O/c18-17(19,20)13-4-1-5-24-16(13)26-11-12-3-2-8-25(10-12)15-14(9-21)22-6-7-23-15/h1,4-7,12H,2-3,8,10-11H2. The molecule has 3 heterocycles. The van der Waals surface area contributed by atoms with E-state index >= 15 is 0 Å². The molecule has 0 N–H and O–H groups in total. The Bertz CT molecular complexity index is 805. The quantitative estimate of drug-likeness (QED) is 0.831. The Labute approximate surface area is 148 Å². The first-order chi connectivity index (χ1) is 12.5. The van der Waals surface area contributed by atoms with E-state index in [-0.39, 0.29) is 18.2 Å². The Morgan fingerprint density at radius 2 is 2.04 bits per heavy atom. The summed E-state index contributed by atoms with van der Waals surface area (Å²) in [5.41, 5.74) is -0.647. The fourth-order valence-corrected chi connectivity index (χ4v) is 2.95. The van der Waals surface area contributed by atoms with Crippen molar-refractivity contribution in [2.45, 2.75) is 19.0 Å². The number of nitrogens with zero attached hydrogens (tertiary/aromatic N) is 5. The second kappa shape index (κ2) is 7.56. The zero-order chi connectivity index (χ0) is 18.6. The molecule has 136 valence electrons. The molecule has 0 radical (unpaired) electrons. The van der Waals surface area contributed by atoms with Crippen molar-refractivity contribution in [1.82, 2.24) is 15.0 Å². The van der Waals surface area contributed by atoms with E-state index in [0.29, 0.717) is 18.9 Å². The van der Waals surface area contributed by atoms with Gasteiger partial charge in [-0.1, -0.05) is 0 Å². The molecule has 26 heavy (non-hydrogen) atoms. The summed E-state index contributed by atoms with van der Waals surface area (Å²) in [7, 11) is 0. The average Bonchev–Trinajstić information content (AvgIpc) is 2.66. The van der Waals surface area contributed by atoms with Crippen molar-refractivity contribution in [2.75, 3.05) is 24.6 Å². The molecule has 0 aliphatic carbocycles. The molecule has 0 aromatic carbocycles. The van der Waals surface area contributed by atoms with Crippen LogP contribution in [0.5, 0.6) is 5.88 Å². The average molecular weight is 363 g/mol. The van der Waals surface area contributed by atoms with Gasteiger partial charge in [-0.05, 0) is 25.0 Å². The highest BCUT2D eigenvalue weighted by atomic mass is 19.4. The van der Waals surface area contributed by atoms with Crippen LogP contribution in [0.15, 0.2) is 30.7 Å². The third kappa shape index (κ3) is 4.02. The van der Waals surface area contributed by atoms with Crippen LogP contribution in [0, 0.1) is 17.2 Å². The fourth-order valence-electron chi connectivity index (χ4n) is 2.95. The lowest BCUT2D eigenvalue weighted by Gasteiger charge is -2.33. The van der Waals surface area contributed by atoms with Gasteiger partial charge in [0.05, 0.1) is 6.61 Å². The first-order valence-electron chi connectivity index (χ1n) is 8.10. The van der Waals surface area contributed by atoms with Crippen LogP contribution >= 0.6 is 0 Å². The Balaban J connectivity index is 1.68. The van der Waals surface area contributed by atoms with Gasteiger partial charge in [-0.2, -0.15) is 18.4 Å². The zero-order valence-corrected chi connectivity index (χ0v) is 13.8. The molecule has 1 aliphatic rings. The number of nitriles is 1. The number of rotatable bonds is 4. The fraction of sp³-hybridized carbons (Fsp3) is 0.412. The molecule has 2 aromatic rings. The maximum Gasteiger partial charge on any atom is 0.421 e. The lowest BCUT2D eigenvalue weighted by molar-refractivity contribution is -0.139. The minimum absolute atomic E-state index is 0.000360. The summed E-state index contributed by atoms with van der Waals surface area (Å²) < 4.78 is 44.4. The molecule has 2 aromatic heterocycles. The number of ether oxygens (including phenoxy) is 1. The SMILES string of the molecule is N#Cc1nccnc1N1CCCC(COc2ncccc2C(F)(F)F)C1. The number of pyridine rings is 1. The van der Waals surface area contributed by atoms with E-state index in [0.717, 1.165) is 18.9 Å². The molecule has 3 rings (SSSR count). The normalized spacial score (nSPS) is 17.6. The van der Waals surface area contributed by atoms with Crippen LogP contribution in [0.4, 0.5) is 19.0 Å². The first kappa shape index (κ1) is 17.9. The highest BCUT2D eigenvalue weighted by molar-refractivity contribution is 5.49. The second-order valence-corrected chi connectivity index (χ2v) is 5.96. The highest BCUT2D eigenvalue weighted by Crippen LogP contribution is 2.35. The van der Waals surface area contributed by atoms with Gasteiger partial charge in [0.2, 0.25) is 5.88 Å². The van der Waals surface area contributed by atoms with Gasteiger partial charge in [0.1, 0.15) is 11.6 Å². The predicted molar refractivity (Wildman–Crippen MR) is 86.4 cm³/mol. The number of hydrogen-bond donors (Lipinski definition) is 0. The smallest absolute Gasteiger partial charge is 0.421 e. The lowest BCUT2D eigenvalue weighted by Crippen LogP contribution is -2.38. The minimum Gasteiger partial charge on any atom is -0.477 e. The van der Waals surface area contributed by atoms with Gasteiger partial charge < -0.3 is 9.64 Å². The van der Waals surface area contributed by atoms with Crippen LogP contribution in [-0.2, 0) is 6.18 Å². The van der Waals surface area contributed by atoms with E-state index in [1.807, 2.05) is 11.0 Å². The largest absolute Gasteiger partial charge is 0.477 e. The Morgan fingerprint density at radius 3 is 2.81 bits per heavy atom. The van der Waals surface area contributed by atoms with Gasteiger partial charge in [-0.3, -0.25) is 0 Å². The molecule has 0 spiro atoms. The van der Waals surface area contributed by atoms with Crippen LogP contribution < -0.4 is 9.64 Å². The monoisotopic (exact) mass is 363 g/mol. The summed E-state index contributed by atoms with van der Waals surface area (Å²) in [5, 5.41) is 9.16. The molecule has 6 nitrogen and oxygen atoms in total. The minimum atomic E-state index is -4.51. The third-order valence-electron chi connectivity index (χ3n) is 4.14. The Hall–Kier alpha value is -2.89.